The molecule has 0 saturated carbocycles. The number of nitrogens with one attached hydrogen (secondary N) is 1. The van der Waals surface area contributed by atoms with E-state index in [1.165, 1.54) is 18.2 Å². The molecule has 0 unspecified atom stereocenters. The van der Waals surface area contributed by atoms with Gasteiger partial charge in [0.05, 0.1) is 23.6 Å². The first-order valence-electron chi connectivity index (χ1n) is 9.41. The number of nitrogens with zero attached hydrogens (tertiary/aromatic N) is 1. The van der Waals surface area contributed by atoms with Crippen molar-refractivity contribution < 1.29 is 34.7 Å². The molecule has 0 atom stereocenters. The number of anilines is 2. The summed E-state index contributed by atoms with van der Waals surface area (Å²) in [7, 11) is -7.86. The summed E-state index contributed by atoms with van der Waals surface area (Å²) in [5.74, 6) is -0.0356. The van der Waals surface area contributed by atoms with E-state index in [-0.39, 0.29) is 40.9 Å². The molecular formula is C19H21F3N2O5S2. The molecular weight excluding hydrogens is 457 g/mol. The summed E-state index contributed by atoms with van der Waals surface area (Å²) in [6, 6.07) is 7.55. The van der Waals surface area contributed by atoms with Crippen molar-refractivity contribution in [2.24, 2.45) is 0 Å². The fourth-order valence-electron chi connectivity index (χ4n) is 3.15. The summed E-state index contributed by atoms with van der Waals surface area (Å²) in [4.78, 5) is -0.312. The van der Waals surface area contributed by atoms with Crippen molar-refractivity contribution in [3.63, 3.8) is 0 Å². The van der Waals surface area contributed by atoms with Crippen LogP contribution in [0.4, 0.5) is 24.5 Å². The van der Waals surface area contributed by atoms with Crippen LogP contribution in [-0.2, 0) is 26.2 Å². The van der Waals surface area contributed by atoms with Gasteiger partial charge in [-0.25, -0.2) is 16.8 Å². The lowest BCUT2D eigenvalue weighted by molar-refractivity contribution is -0.137. The molecule has 0 spiro atoms. The van der Waals surface area contributed by atoms with Crippen LogP contribution in [0.3, 0.4) is 0 Å². The Morgan fingerprint density at radius 1 is 1.10 bits per heavy atom. The highest BCUT2D eigenvalue weighted by Crippen LogP contribution is 2.34. The normalized spacial score (nSPS) is 16.7. The molecule has 0 aromatic heterocycles. The number of ether oxygens (including phenoxy) is 1. The van der Waals surface area contributed by atoms with E-state index in [2.05, 4.69) is 4.72 Å². The SMILES string of the molecule is CCOc1ccc(N2CCCCS2(=O)=O)cc1S(=O)(=O)Nc1ccc(C(F)(F)F)cc1. The maximum atomic E-state index is 13.0. The standard InChI is InChI=1S/C19H21F3N2O5S2/c1-2-29-17-10-9-16(24-11-3-4-12-30(24,25)26)13-18(17)31(27,28)23-15-7-5-14(6-8-15)19(20,21)22/h5-10,13,23H,2-4,11-12H2,1H3. The lowest BCUT2D eigenvalue weighted by atomic mass is 10.2. The van der Waals surface area contributed by atoms with Gasteiger partial charge in [0.15, 0.2) is 0 Å². The van der Waals surface area contributed by atoms with Crippen LogP contribution in [-0.4, -0.2) is 35.7 Å². The largest absolute Gasteiger partial charge is 0.492 e. The van der Waals surface area contributed by atoms with Gasteiger partial charge < -0.3 is 4.74 Å². The Hall–Kier alpha value is -2.47. The first kappa shape index (κ1) is 23.2. The van der Waals surface area contributed by atoms with Gasteiger partial charge in [0.25, 0.3) is 10.0 Å². The third-order valence-corrected chi connectivity index (χ3v) is 7.89. The molecule has 3 rings (SSSR count). The van der Waals surface area contributed by atoms with Gasteiger partial charge >= 0.3 is 6.18 Å². The molecule has 1 aliphatic heterocycles. The van der Waals surface area contributed by atoms with Crippen molar-refractivity contribution in [3.05, 3.63) is 48.0 Å². The van der Waals surface area contributed by atoms with Crippen molar-refractivity contribution >= 4 is 31.4 Å². The lowest BCUT2D eigenvalue weighted by Gasteiger charge is -2.28. The molecule has 1 saturated heterocycles. The molecule has 0 amide bonds. The quantitative estimate of drug-likeness (QED) is 0.681. The van der Waals surface area contributed by atoms with Crippen LogP contribution < -0.4 is 13.8 Å². The Balaban J connectivity index is 1.98. The highest BCUT2D eigenvalue weighted by Gasteiger charge is 2.31. The smallest absolute Gasteiger partial charge is 0.416 e. The molecule has 1 heterocycles. The molecule has 2 aromatic rings. The average molecular weight is 479 g/mol. The minimum atomic E-state index is -4.55. The highest BCUT2D eigenvalue weighted by atomic mass is 32.2. The van der Waals surface area contributed by atoms with Gasteiger partial charge in [-0.15, -0.1) is 0 Å². The van der Waals surface area contributed by atoms with E-state index in [0.717, 1.165) is 28.6 Å². The van der Waals surface area contributed by atoms with Gasteiger partial charge in [0, 0.05) is 12.2 Å². The zero-order valence-corrected chi connectivity index (χ0v) is 18.1. The van der Waals surface area contributed by atoms with Gasteiger partial charge in [-0.3, -0.25) is 9.03 Å². The maximum absolute atomic E-state index is 13.0. The summed E-state index contributed by atoms with van der Waals surface area (Å²) in [6.07, 6.45) is -3.39. The second-order valence-corrected chi connectivity index (χ2v) is 10.5. The molecule has 1 fully saturated rings. The van der Waals surface area contributed by atoms with Gasteiger partial charge in [0.2, 0.25) is 10.0 Å². The van der Waals surface area contributed by atoms with Gasteiger partial charge in [-0.1, -0.05) is 0 Å². The Bertz CT molecular complexity index is 1150. The van der Waals surface area contributed by atoms with E-state index in [4.69, 9.17) is 4.74 Å². The second-order valence-electron chi connectivity index (χ2n) is 6.84. The minimum Gasteiger partial charge on any atom is -0.492 e. The molecule has 1 N–H and O–H groups in total. The van der Waals surface area contributed by atoms with Crippen molar-refractivity contribution in [1.82, 2.24) is 0 Å². The topological polar surface area (TPSA) is 92.8 Å². The summed E-state index contributed by atoms with van der Waals surface area (Å²) in [5.41, 5.74) is -0.815. The van der Waals surface area contributed by atoms with Gasteiger partial charge in [-0.2, -0.15) is 13.2 Å². The van der Waals surface area contributed by atoms with Crippen LogP contribution in [0.25, 0.3) is 0 Å². The molecule has 0 radical (unpaired) electrons. The number of alkyl halides is 3. The molecule has 0 aliphatic carbocycles. The van der Waals surface area contributed by atoms with Crippen molar-refractivity contribution in [1.29, 1.82) is 0 Å². The summed E-state index contributed by atoms with van der Waals surface area (Å²) >= 11 is 0. The third kappa shape index (κ3) is 5.24. The molecule has 1 aliphatic rings. The van der Waals surface area contributed by atoms with Crippen LogP contribution in [0, 0.1) is 0 Å². The fraction of sp³-hybridized carbons (Fsp3) is 0.368. The van der Waals surface area contributed by atoms with Gasteiger partial charge in [-0.05, 0) is 62.2 Å². The predicted octanol–water partition coefficient (Wildman–Crippen LogP) is 3.83. The Morgan fingerprint density at radius 3 is 2.35 bits per heavy atom. The van der Waals surface area contributed by atoms with E-state index in [9.17, 15) is 30.0 Å². The molecule has 0 bridgehead atoms. The Labute approximate surface area is 178 Å². The van der Waals surface area contributed by atoms with Crippen LogP contribution in [0.1, 0.15) is 25.3 Å². The van der Waals surface area contributed by atoms with E-state index >= 15 is 0 Å². The van der Waals surface area contributed by atoms with Crippen molar-refractivity contribution in [2.75, 3.05) is 27.9 Å². The van der Waals surface area contributed by atoms with E-state index in [1.807, 2.05) is 0 Å². The van der Waals surface area contributed by atoms with Crippen LogP contribution in [0.5, 0.6) is 5.75 Å². The number of halogens is 3. The van der Waals surface area contributed by atoms with Crippen LogP contribution in [0.15, 0.2) is 47.4 Å². The monoisotopic (exact) mass is 478 g/mol. The number of benzene rings is 2. The van der Waals surface area contributed by atoms with Crippen molar-refractivity contribution in [2.45, 2.75) is 30.8 Å². The minimum absolute atomic E-state index is 0.0000640. The number of hydrogen-bond acceptors (Lipinski definition) is 5. The predicted molar refractivity (Wildman–Crippen MR) is 110 cm³/mol. The second kappa shape index (κ2) is 8.58. The van der Waals surface area contributed by atoms with Crippen LogP contribution in [0.2, 0.25) is 0 Å². The Kier molecular flexibility index (Phi) is 6.42. The van der Waals surface area contributed by atoms with E-state index in [0.29, 0.717) is 12.8 Å². The Morgan fingerprint density at radius 2 is 1.77 bits per heavy atom. The van der Waals surface area contributed by atoms with E-state index in [1.54, 1.807) is 6.92 Å². The van der Waals surface area contributed by atoms with Crippen molar-refractivity contribution in [3.8, 4) is 5.75 Å². The van der Waals surface area contributed by atoms with Gasteiger partial charge in [0.1, 0.15) is 10.6 Å². The maximum Gasteiger partial charge on any atom is 0.416 e. The number of hydrogen-bond donors (Lipinski definition) is 1. The van der Waals surface area contributed by atoms with E-state index < -0.39 is 31.8 Å². The molecule has 170 valence electrons. The van der Waals surface area contributed by atoms with Crippen LogP contribution >= 0.6 is 0 Å². The zero-order valence-electron chi connectivity index (χ0n) is 16.5. The molecule has 31 heavy (non-hydrogen) atoms. The first-order valence-corrected chi connectivity index (χ1v) is 12.5. The number of sulfonamides is 2. The lowest BCUT2D eigenvalue weighted by Crippen LogP contribution is -2.37. The molecule has 7 nitrogen and oxygen atoms in total. The summed E-state index contributed by atoms with van der Waals surface area (Å²) in [5, 5.41) is 0. The number of rotatable bonds is 6. The summed E-state index contributed by atoms with van der Waals surface area (Å²) in [6.45, 7) is 2.04. The molecule has 2 aromatic carbocycles. The summed E-state index contributed by atoms with van der Waals surface area (Å²) < 4.78 is 97.7. The molecule has 12 heteroatoms. The fourth-order valence-corrected chi connectivity index (χ4v) is 6.01. The zero-order chi connectivity index (χ0) is 22.9. The average Bonchev–Trinajstić information content (AvgIpc) is 2.68. The third-order valence-electron chi connectivity index (χ3n) is 4.62. The first-order chi connectivity index (χ1) is 14.4. The highest BCUT2D eigenvalue weighted by molar-refractivity contribution is 7.93.